The summed E-state index contributed by atoms with van der Waals surface area (Å²) in [6.45, 7) is 1.67. The molecule has 0 spiro atoms. The number of fused-ring (bicyclic) bond motifs is 1. The number of aliphatic hydroxyl groups excluding tert-OH is 3. The maximum Gasteiger partial charge on any atom is 0.381 e. The zero-order valence-electron chi connectivity index (χ0n) is 14.5. The van der Waals surface area contributed by atoms with Crippen LogP contribution in [0.25, 0.3) is 11.2 Å². The molecule has 154 valence electrons. The van der Waals surface area contributed by atoms with Gasteiger partial charge in [0.25, 0.3) is 11.0 Å². The highest BCUT2D eigenvalue weighted by atomic mass is 31.2. The molecule has 2 aromatic rings. The molecule has 1 fully saturated rings. The summed E-state index contributed by atoms with van der Waals surface area (Å²) in [5.41, 5.74) is -4.31. The smallest absolute Gasteiger partial charge is 0.381 e. The van der Waals surface area contributed by atoms with Crippen LogP contribution in [0, 0.1) is 0 Å². The minimum atomic E-state index is -5.45. The van der Waals surface area contributed by atoms with Crippen molar-refractivity contribution in [3.8, 4) is 0 Å². The summed E-state index contributed by atoms with van der Waals surface area (Å²) < 4.78 is 18.3. The van der Waals surface area contributed by atoms with E-state index >= 15 is 0 Å². The van der Waals surface area contributed by atoms with Gasteiger partial charge in [-0.3, -0.25) is 18.7 Å². The van der Waals surface area contributed by atoms with Crippen LogP contribution >= 0.6 is 7.60 Å². The first-order valence-corrected chi connectivity index (χ1v) is 9.89. The molecule has 3 rings (SSSR count). The Bertz CT molecular complexity index is 1000. The molecule has 0 saturated carbocycles. The number of hydrogen-bond donors (Lipinski definition) is 6. The average Bonchev–Trinajstić information content (AvgIpc) is 3.16. The number of hydrogen-bond acceptors (Lipinski definition) is 9. The van der Waals surface area contributed by atoms with Crippen LogP contribution in [-0.2, 0) is 19.6 Å². The fourth-order valence-corrected chi connectivity index (χ4v) is 4.41. The van der Waals surface area contributed by atoms with Gasteiger partial charge in [-0.1, -0.05) is 6.92 Å². The van der Waals surface area contributed by atoms with Crippen LogP contribution in [0.3, 0.4) is 0 Å². The lowest BCUT2D eigenvalue weighted by Crippen LogP contribution is -2.45. The van der Waals surface area contributed by atoms with Gasteiger partial charge in [-0.15, -0.1) is 0 Å². The Morgan fingerprint density at radius 1 is 1.43 bits per heavy atom. The molecule has 2 aromatic heterocycles. The van der Waals surface area contributed by atoms with Crippen molar-refractivity contribution in [2.75, 3.05) is 0 Å². The molecule has 0 aliphatic carbocycles. The first-order chi connectivity index (χ1) is 13.1. The van der Waals surface area contributed by atoms with Crippen LogP contribution in [-0.4, -0.2) is 74.8 Å². The van der Waals surface area contributed by atoms with Gasteiger partial charge in [0, 0.05) is 6.42 Å². The highest BCUT2D eigenvalue weighted by molar-refractivity contribution is 7.52. The number of ether oxygens (including phenoxy) is 1. The number of nitrogens with zero attached hydrogens (tertiary/aromatic N) is 3. The van der Waals surface area contributed by atoms with E-state index in [2.05, 4.69) is 15.0 Å². The van der Waals surface area contributed by atoms with E-state index in [1.54, 1.807) is 6.92 Å². The zero-order valence-corrected chi connectivity index (χ0v) is 15.4. The maximum atomic E-state index is 12.4. The Balaban J connectivity index is 2.18. The molecule has 0 radical (unpaired) electrons. The van der Waals surface area contributed by atoms with E-state index in [0.29, 0.717) is 11.0 Å². The van der Waals surface area contributed by atoms with Gasteiger partial charge in [-0.05, 0) is 6.42 Å². The van der Waals surface area contributed by atoms with E-state index in [-0.39, 0.29) is 17.6 Å². The molecule has 28 heavy (non-hydrogen) atoms. The molecule has 5 atom stereocenters. The van der Waals surface area contributed by atoms with Gasteiger partial charge in [-0.25, -0.2) is 9.97 Å². The lowest BCUT2D eigenvalue weighted by molar-refractivity contribution is -0.147. The Labute approximate surface area is 156 Å². The van der Waals surface area contributed by atoms with Crippen LogP contribution in [0.15, 0.2) is 17.4 Å². The Morgan fingerprint density at radius 3 is 2.71 bits per heavy atom. The Hall–Kier alpha value is -1.99. The van der Waals surface area contributed by atoms with Gasteiger partial charge in [0.15, 0.2) is 16.9 Å². The van der Waals surface area contributed by atoms with Gasteiger partial charge in [0.05, 0.1) is 6.33 Å². The van der Waals surface area contributed by atoms with Crippen molar-refractivity contribution in [2.24, 2.45) is 0 Å². The van der Waals surface area contributed by atoms with Gasteiger partial charge in [-0.2, -0.15) is 0 Å². The Morgan fingerprint density at radius 2 is 2.11 bits per heavy atom. The predicted octanol–water partition coefficient (Wildman–Crippen LogP) is -2.24. The van der Waals surface area contributed by atoms with Crippen molar-refractivity contribution in [1.82, 2.24) is 19.5 Å². The average molecular weight is 418 g/mol. The summed E-state index contributed by atoms with van der Waals surface area (Å²) in [5, 5.41) is 31.0. The van der Waals surface area contributed by atoms with Gasteiger partial charge in [0.1, 0.15) is 30.7 Å². The fraction of sp³-hybridized carbons (Fsp3) is 0.571. The molecular formula is C14H19N4O9P. The number of ketones is 1. The molecule has 0 amide bonds. The lowest BCUT2D eigenvalue weighted by Gasteiger charge is -2.33. The summed E-state index contributed by atoms with van der Waals surface area (Å²) in [4.78, 5) is 53.6. The minimum Gasteiger partial charge on any atom is -0.387 e. The van der Waals surface area contributed by atoms with Crippen molar-refractivity contribution in [1.29, 1.82) is 0 Å². The van der Waals surface area contributed by atoms with Crippen molar-refractivity contribution < 1.29 is 39.2 Å². The first-order valence-electron chi connectivity index (χ1n) is 8.27. The van der Waals surface area contributed by atoms with Crippen molar-refractivity contribution in [3.05, 3.63) is 23.0 Å². The third-order valence-electron chi connectivity index (χ3n) is 4.59. The summed E-state index contributed by atoms with van der Waals surface area (Å²) in [6.07, 6.45) is -6.01. The van der Waals surface area contributed by atoms with Crippen LogP contribution in [0.5, 0.6) is 0 Å². The number of rotatable bonds is 6. The predicted molar refractivity (Wildman–Crippen MR) is 91.0 cm³/mol. The van der Waals surface area contributed by atoms with E-state index in [4.69, 9.17) is 4.74 Å². The lowest BCUT2D eigenvalue weighted by atomic mass is 10.00. The number of imidazole rings is 1. The number of nitrogens with one attached hydrogen (secondary N) is 1. The van der Waals surface area contributed by atoms with Crippen LogP contribution in [0.1, 0.15) is 19.8 Å². The molecule has 6 N–H and O–H groups in total. The van der Waals surface area contributed by atoms with E-state index in [1.165, 1.54) is 0 Å². The normalized spacial score (nSPS) is 29.3. The van der Waals surface area contributed by atoms with E-state index < -0.39 is 48.8 Å². The van der Waals surface area contributed by atoms with Gasteiger partial charge < -0.3 is 34.8 Å². The molecule has 0 bridgehead atoms. The largest absolute Gasteiger partial charge is 0.387 e. The standard InChI is InChI=1S/C14H19N4O9P/c1-2-3-6(19)8(20)10-9(21)11(22)14(27-10,28(24,25)26)18-5-17-7-12(18)15-4-16-13(7)23/h4-5,8-11,20-22H,2-3H2,1H3,(H,15,16,23)(H2,24,25,26)/t8?,9-,10-,11-,14+/m1/s1. The number of carbonyl (C=O) groups excluding carboxylic acids is 1. The van der Waals surface area contributed by atoms with Gasteiger partial charge in [0.2, 0.25) is 0 Å². The minimum absolute atomic E-state index is 0.0717. The second-order valence-electron chi connectivity index (χ2n) is 6.40. The summed E-state index contributed by atoms with van der Waals surface area (Å²) in [7, 11) is -5.45. The monoisotopic (exact) mass is 418 g/mol. The maximum absolute atomic E-state index is 12.4. The molecule has 1 saturated heterocycles. The van der Waals surface area contributed by atoms with Crippen LogP contribution < -0.4 is 5.56 Å². The number of aromatic amines is 1. The first kappa shape index (κ1) is 20.7. The topological polar surface area (TPSA) is 208 Å². The third kappa shape index (κ3) is 2.92. The summed E-state index contributed by atoms with van der Waals surface area (Å²) in [5.74, 6) is -0.731. The zero-order chi connectivity index (χ0) is 20.9. The molecule has 1 unspecified atom stereocenters. The number of aromatic nitrogens is 4. The SMILES string of the molecule is CCCC(=O)C(O)[C@H]1O[C@](n2cnc3c(=O)[nH]cnc32)(P(=O)(O)O)[C@H](O)[C@@H]1O. The second kappa shape index (κ2) is 7.12. The molecule has 1 aliphatic rings. The van der Waals surface area contributed by atoms with Gasteiger partial charge >= 0.3 is 7.60 Å². The van der Waals surface area contributed by atoms with Crippen molar-refractivity contribution in [3.63, 3.8) is 0 Å². The number of H-pyrrole nitrogens is 1. The second-order valence-corrected chi connectivity index (χ2v) is 8.13. The highest BCUT2D eigenvalue weighted by Crippen LogP contribution is 2.61. The van der Waals surface area contributed by atoms with E-state index in [0.717, 1.165) is 12.7 Å². The molecule has 13 nitrogen and oxygen atoms in total. The van der Waals surface area contributed by atoms with E-state index in [9.17, 15) is 39.3 Å². The molecule has 14 heteroatoms. The molecule has 0 aromatic carbocycles. The number of Topliss-reactive ketones (excluding diaryl/α,β-unsaturated/α-hetero) is 1. The quantitative estimate of drug-likeness (QED) is 0.276. The van der Waals surface area contributed by atoms with Crippen LogP contribution in [0.4, 0.5) is 0 Å². The molecule has 1 aliphatic heterocycles. The van der Waals surface area contributed by atoms with Crippen molar-refractivity contribution in [2.45, 2.75) is 49.6 Å². The Kier molecular flexibility index (Phi) is 5.27. The fourth-order valence-electron chi connectivity index (χ4n) is 3.23. The summed E-state index contributed by atoms with van der Waals surface area (Å²) in [6, 6.07) is 0. The van der Waals surface area contributed by atoms with Crippen LogP contribution in [0.2, 0.25) is 0 Å². The number of carbonyl (C=O) groups is 1. The third-order valence-corrected chi connectivity index (χ3v) is 6.01. The van der Waals surface area contributed by atoms with Crippen molar-refractivity contribution >= 4 is 24.5 Å². The molecular weight excluding hydrogens is 399 g/mol. The molecule has 3 heterocycles. The number of aliphatic hydroxyl groups is 3. The highest BCUT2D eigenvalue weighted by Gasteiger charge is 2.67. The summed E-state index contributed by atoms with van der Waals surface area (Å²) >= 11 is 0. The van der Waals surface area contributed by atoms with E-state index in [1.807, 2.05) is 0 Å².